The molecule has 2 aromatic carbocycles. The number of benzene rings is 2. The molecule has 1 aliphatic carbocycles. The Bertz CT molecular complexity index is 931. The van der Waals surface area contributed by atoms with Crippen molar-refractivity contribution in [1.82, 2.24) is 15.0 Å². The molecule has 0 spiro atoms. The molecule has 5 nitrogen and oxygen atoms in total. The quantitative estimate of drug-likeness (QED) is 0.703. The summed E-state index contributed by atoms with van der Waals surface area (Å²) in [7, 11) is -1.51. The number of aromatic nitrogens is 3. The normalized spacial score (nSPS) is 16.1. The molecule has 0 radical (unpaired) electrons. The maximum Gasteiger partial charge on any atom is 0.488 e. The minimum Gasteiger partial charge on any atom is -0.423 e. The molecule has 0 saturated carbocycles. The van der Waals surface area contributed by atoms with Gasteiger partial charge >= 0.3 is 7.12 Å². The van der Waals surface area contributed by atoms with E-state index < -0.39 is 7.12 Å². The first-order chi connectivity index (χ1) is 13.2. The van der Waals surface area contributed by atoms with E-state index in [0.717, 1.165) is 11.1 Å². The van der Waals surface area contributed by atoms with Crippen molar-refractivity contribution in [3.8, 4) is 22.8 Å². The van der Waals surface area contributed by atoms with Gasteiger partial charge in [-0.25, -0.2) is 15.0 Å². The van der Waals surface area contributed by atoms with E-state index in [9.17, 15) is 10.0 Å². The molecule has 1 aliphatic rings. The van der Waals surface area contributed by atoms with Gasteiger partial charge in [0.05, 0.1) is 0 Å². The fourth-order valence-corrected chi connectivity index (χ4v) is 3.05. The Labute approximate surface area is 157 Å². The molecular weight excluding hydrogens is 337 g/mol. The zero-order valence-electron chi connectivity index (χ0n) is 14.6. The summed E-state index contributed by atoms with van der Waals surface area (Å²) < 4.78 is 0. The molecule has 4 rings (SSSR count). The average Bonchev–Trinajstić information content (AvgIpc) is 2.75. The first-order valence-electron chi connectivity index (χ1n) is 8.82. The average molecular weight is 355 g/mol. The van der Waals surface area contributed by atoms with Crippen molar-refractivity contribution < 1.29 is 10.0 Å². The minimum atomic E-state index is -1.51. The van der Waals surface area contributed by atoms with Gasteiger partial charge in [0.15, 0.2) is 11.6 Å². The van der Waals surface area contributed by atoms with Gasteiger partial charge in [-0.3, -0.25) is 0 Å². The summed E-state index contributed by atoms with van der Waals surface area (Å²) in [6.45, 7) is 0. The molecule has 0 bridgehead atoms. The SMILES string of the molecule is OB(O)C1=CC(c2nc(-c3ccccc3)nc(-c3ccccc3)n2)CC=C1. The Kier molecular flexibility index (Phi) is 4.92. The molecule has 3 aromatic rings. The van der Waals surface area contributed by atoms with E-state index in [4.69, 9.17) is 0 Å². The molecular formula is C21H18BN3O2. The molecule has 27 heavy (non-hydrogen) atoms. The summed E-state index contributed by atoms with van der Waals surface area (Å²) in [5, 5.41) is 19.0. The predicted octanol–water partition coefficient (Wildman–Crippen LogP) is 3.19. The molecule has 1 unspecified atom stereocenters. The molecule has 0 fully saturated rings. The van der Waals surface area contributed by atoms with Crippen molar-refractivity contribution in [3.63, 3.8) is 0 Å². The van der Waals surface area contributed by atoms with Gasteiger partial charge < -0.3 is 10.0 Å². The van der Waals surface area contributed by atoms with Crippen LogP contribution in [0.25, 0.3) is 22.8 Å². The van der Waals surface area contributed by atoms with Crippen LogP contribution in [0.15, 0.2) is 84.4 Å². The molecule has 2 N–H and O–H groups in total. The van der Waals surface area contributed by atoms with Gasteiger partial charge in [-0.1, -0.05) is 78.9 Å². The number of nitrogens with zero attached hydrogens (tertiary/aromatic N) is 3. The van der Waals surface area contributed by atoms with Crippen LogP contribution in [0.5, 0.6) is 0 Å². The highest BCUT2D eigenvalue weighted by Crippen LogP contribution is 2.28. The molecule has 0 amide bonds. The van der Waals surface area contributed by atoms with Crippen molar-refractivity contribution in [3.05, 3.63) is 90.2 Å². The summed E-state index contributed by atoms with van der Waals surface area (Å²) in [5.41, 5.74) is 2.28. The van der Waals surface area contributed by atoms with Crippen molar-refractivity contribution in [1.29, 1.82) is 0 Å². The van der Waals surface area contributed by atoms with Crippen LogP contribution in [0, 0.1) is 0 Å². The van der Waals surface area contributed by atoms with E-state index in [2.05, 4.69) is 15.0 Å². The first-order valence-corrected chi connectivity index (χ1v) is 8.82. The Morgan fingerprint density at radius 2 is 1.33 bits per heavy atom. The number of rotatable bonds is 4. The molecule has 1 atom stereocenters. The largest absolute Gasteiger partial charge is 0.488 e. The minimum absolute atomic E-state index is 0.139. The van der Waals surface area contributed by atoms with Crippen LogP contribution in [0.4, 0.5) is 0 Å². The van der Waals surface area contributed by atoms with E-state index in [1.54, 1.807) is 6.08 Å². The molecule has 0 aliphatic heterocycles. The van der Waals surface area contributed by atoms with E-state index in [0.29, 0.717) is 29.4 Å². The Morgan fingerprint density at radius 1 is 0.778 bits per heavy atom. The third-order valence-corrected chi connectivity index (χ3v) is 4.44. The molecule has 1 aromatic heterocycles. The smallest absolute Gasteiger partial charge is 0.423 e. The van der Waals surface area contributed by atoms with E-state index in [1.165, 1.54) is 0 Å². The second kappa shape index (κ2) is 7.66. The Balaban J connectivity index is 1.83. The maximum absolute atomic E-state index is 9.49. The Hall–Kier alpha value is -3.09. The highest BCUT2D eigenvalue weighted by atomic mass is 16.4. The standard InChI is InChI=1S/C21H18BN3O2/c26-22(27)18-13-7-12-17(14-18)21-24-19(15-8-3-1-4-9-15)23-20(25-21)16-10-5-2-6-11-16/h1-11,13-14,17,26-27H,12H2. The zero-order chi connectivity index (χ0) is 18.6. The highest BCUT2D eigenvalue weighted by Gasteiger charge is 2.22. The Morgan fingerprint density at radius 3 is 1.85 bits per heavy atom. The van der Waals surface area contributed by atoms with Crippen molar-refractivity contribution in [2.24, 2.45) is 0 Å². The summed E-state index contributed by atoms with van der Waals surface area (Å²) in [6, 6.07) is 19.6. The lowest BCUT2D eigenvalue weighted by molar-refractivity contribution is 0.420. The van der Waals surface area contributed by atoms with E-state index >= 15 is 0 Å². The van der Waals surface area contributed by atoms with Gasteiger partial charge in [-0.15, -0.1) is 0 Å². The third-order valence-electron chi connectivity index (χ3n) is 4.44. The van der Waals surface area contributed by atoms with Gasteiger partial charge in [0, 0.05) is 17.0 Å². The lowest BCUT2D eigenvalue weighted by atomic mass is 9.74. The van der Waals surface area contributed by atoms with Crippen LogP contribution in [0.1, 0.15) is 18.2 Å². The van der Waals surface area contributed by atoms with E-state index in [-0.39, 0.29) is 5.92 Å². The fourth-order valence-electron chi connectivity index (χ4n) is 3.05. The second-order valence-electron chi connectivity index (χ2n) is 6.36. The second-order valence-corrected chi connectivity index (χ2v) is 6.36. The van der Waals surface area contributed by atoms with Crippen LogP contribution in [-0.4, -0.2) is 32.1 Å². The van der Waals surface area contributed by atoms with Gasteiger partial charge in [0.25, 0.3) is 0 Å². The van der Waals surface area contributed by atoms with Gasteiger partial charge in [-0.2, -0.15) is 0 Å². The molecule has 0 saturated heterocycles. The molecule has 1 heterocycles. The van der Waals surface area contributed by atoms with Gasteiger partial charge in [0.2, 0.25) is 0 Å². The van der Waals surface area contributed by atoms with Crippen LogP contribution >= 0.6 is 0 Å². The number of hydrogen-bond donors (Lipinski definition) is 2. The van der Waals surface area contributed by atoms with Crippen molar-refractivity contribution in [2.45, 2.75) is 12.3 Å². The van der Waals surface area contributed by atoms with Crippen LogP contribution < -0.4 is 0 Å². The topological polar surface area (TPSA) is 79.1 Å². The van der Waals surface area contributed by atoms with Gasteiger partial charge in [0.1, 0.15) is 5.82 Å². The molecule has 132 valence electrons. The lowest BCUT2D eigenvalue weighted by Crippen LogP contribution is -2.17. The van der Waals surface area contributed by atoms with Crippen LogP contribution in [0.3, 0.4) is 0 Å². The maximum atomic E-state index is 9.49. The summed E-state index contributed by atoms with van der Waals surface area (Å²) in [4.78, 5) is 14.0. The van der Waals surface area contributed by atoms with Gasteiger partial charge in [-0.05, 0) is 11.9 Å². The van der Waals surface area contributed by atoms with Crippen LogP contribution in [0.2, 0.25) is 0 Å². The van der Waals surface area contributed by atoms with Crippen molar-refractivity contribution >= 4 is 7.12 Å². The van der Waals surface area contributed by atoms with Crippen LogP contribution in [-0.2, 0) is 0 Å². The molecule has 6 heteroatoms. The number of allylic oxidation sites excluding steroid dienone is 4. The summed E-state index contributed by atoms with van der Waals surface area (Å²) in [5.74, 6) is 1.69. The monoisotopic (exact) mass is 355 g/mol. The van der Waals surface area contributed by atoms with E-state index in [1.807, 2.05) is 72.8 Å². The summed E-state index contributed by atoms with van der Waals surface area (Å²) >= 11 is 0. The van der Waals surface area contributed by atoms with Crippen molar-refractivity contribution in [2.75, 3.05) is 0 Å². The lowest BCUT2D eigenvalue weighted by Gasteiger charge is -2.17. The predicted molar refractivity (Wildman–Crippen MR) is 105 cm³/mol. The third kappa shape index (κ3) is 3.87. The first kappa shape index (κ1) is 17.3. The number of hydrogen-bond acceptors (Lipinski definition) is 5. The highest BCUT2D eigenvalue weighted by molar-refractivity contribution is 6.51. The zero-order valence-corrected chi connectivity index (χ0v) is 14.6. The fraction of sp³-hybridized carbons (Fsp3) is 0.0952. The summed E-state index contributed by atoms with van der Waals surface area (Å²) in [6.07, 6.45) is 6.14.